The molecule has 22 heavy (non-hydrogen) atoms. The Morgan fingerprint density at radius 3 is 2.55 bits per heavy atom. The Balaban J connectivity index is 2.05. The summed E-state index contributed by atoms with van der Waals surface area (Å²) in [6, 6.07) is 12.4. The van der Waals surface area contributed by atoms with Crippen molar-refractivity contribution in [1.29, 1.82) is 0 Å². The van der Waals surface area contributed by atoms with E-state index in [0.717, 1.165) is 30.5 Å². The highest BCUT2D eigenvalue weighted by molar-refractivity contribution is 7.92. The summed E-state index contributed by atoms with van der Waals surface area (Å²) in [6.07, 6.45) is 2.72. The molecular weight excluding hydrogens is 318 g/mol. The van der Waals surface area contributed by atoms with E-state index in [9.17, 15) is 8.42 Å². The van der Waals surface area contributed by atoms with E-state index in [-0.39, 0.29) is 4.90 Å². The van der Waals surface area contributed by atoms with Crippen molar-refractivity contribution in [2.45, 2.75) is 31.1 Å². The summed E-state index contributed by atoms with van der Waals surface area (Å²) in [5.41, 5.74) is 3.16. The van der Waals surface area contributed by atoms with Gasteiger partial charge in [-0.1, -0.05) is 30.7 Å². The van der Waals surface area contributed by atoms with Crippen molar-refractivity contribution >= 4 is 27.3 Å². The summed E-state index contributed by atoms with van der Waals surface area (Å²) in [6.45, 7) is 2.62. The maximum absolute atomic E-state index is 12.9. The van der Waals surface area contributed by atoms with Crippen LogP contribution < -0.4 is 4.31 Å². The van der Waals surface area contributed by atoms with Gasteiger partial charge in [-0.15, -0.1) is 0 Å². The number of rotatable bonds is 3. The van der Waals surface area contributed by atoms with E-state index in [1.165, 1.54) is 9.87 Å². The van der Waals surface area contributed by atoms with Crippen LogP contribution in [-0.4, -0.2) is 15.0 Å². The third-order valence-electron chi connectivity index (χ3n) is 4.03. The Morgan fingerprint density at radius 2 is 1.86 bits per heavy atom. The molecule has 0 fully saturated rings. The summed E-state index contributed by atoms with van der Waals surface area (Å²) in [7, 11) is -3.54. The highest BCUT2D eigenvalue weighted by Gasteiger charge is 2.29. The molecule has 1 aliphatic rings. The van der Waals surface area contributed by atoms with Crippen molar-refractivity contribution in [3.8, 4) is 0 Å². The number of sulfonamides is 1. The van der Waals surface area contributed by atoms with Crippen molar-refractivity contribution in [2.75, 3.05) is 10.8 Å². The maximum Gasteiger partial charge on any atom is 0.264 e. The Hall–Kier alpha value is -1.52. The molecule has 0 bridgehead atoms. The number of aryl methyl sites for hydroxylation is 2. The van der Waals surface area contributed by atoms with Gasteiger partial charge in [0.05, 0.1) is 10.6 Å². The number of hydrogen-bond donors (Lipinski definition) is 0. The van der Waals surface area contributed by atoms with Gasteiger partial charge >= 0.3 is 0 Å². The van der Waals surface area contributed by atoms with Gasteiger partial charge in [-0.3, -0.25) is 4.31 Å². The Bertz CT molecular complexity index is 785. The fourth-order valence-electron chi connectivity index (χ4n) is 2.82. The van der Waals surface area contributed by atoms with Crippen LogP contribution in [0.25, 0.3) is 0 Å². The highest BCUT2D eigenvalue weighted by atomic mass is 35.5. The smallest absolute Gasteiger partial charge is 0.264 e. The van der Waals surface area contributed by atoms with Gasteiger partial charge in [0.2, 0.25) is 0 Å². The van der Waals surface area contributed by atoms with Crippen LogP contribution in [0.2, 0.25) is 5.02 Å². The summed E-state index contributed by atoms with van der Waals surface area (Å²) in [5.74, 6) is 0. The van der Waals surface area contributed by atoms with Gasteiger partial charge in [-0.2, -0.15) is 0 Å². The lowest BCUT2D eigenvalue weighted by molar-refractivity contribution is 0.586. The molecule has 3 rings (SSSR count). The lowest BCUT2D eigenvalue weighted by Gasteiger charge is -2.30. The van der Waals surface area contributed by atoms with Crippen molar-refractivity contribution < 1.29 is 8.42 Å². The molecule has 5 heteroatoms. The van der Waals surface area contributed by atoms with Gasteiger partial charge in [0, 0.05) is 11.6 Å². The highest BCUT2D eigenvalue weighted by Crippen LogP contribution is 2.33. The van der Waals surface area contributed by atoms with Gasteiger partial charge < -0.3 is 0 Å². The largest absolute Gasteiger partial charge is 0.266 e. The molecule has 0 N–H and O–H groups in total. The molecule has 3 nitrogen and oxygen atoms in total. The normalized spacial score (nSPS) is 14.7. The number of nitrogens with zero attached hydrogens (tertiary/aromatic N) is 1. The number of fused-ring (bicyclic) bond motifs is 1. The number of hydrogen-bond acceptors (Lipinski definition) is 2. The van der Waals surface area contributed by atoms with Crippen LogP contribution in [0.1, 0.15) is 24.5 Å². The van der Waals surface area contributed by atoms with E-state index < -0.39 is 10.0 Å². The van der Waals surface area contributed by atoms with Crippen LogP contribution in [0.4, 0.5) is 5.69 Å². The van der Waals surface area contributed by atoms with E-state index in [4.69, 9.17) is 11.6 Å². The molecule has 0 aromatic heterocycles. The summed E-state index contributed by atoms with van der Waals surface area (Å²) in [5, 5.41) is 0.533. The van der Waals surface area contributed by atoms with Gasteiger partial charge in [0.1, 0.15) is 0 Å². The molecule has 0 unspecified atom stereocenters. The lowest BCUT2D eigenvalue weighted by atomic mass is 10.00. The molecule has 0 amide bonds. The first-order valence-electron chi connectivity index (χ1n) is 7.42. The second-order valence-electron chi connectivity index (χ2n) is 5.45. The van der Waals surface area contributed by atoms with Gasteiger partial charge in [0.15, 0.2) is 0 Å². The predicted octanol–water partition coefficient (Wildman–Crippen LogP) is 4.04. The second kappa shape index (κ2) is 5.94. The van der Waals surface area contributed by atoms with Gasteiger partial charge in [0.25, 0.3) is 10.0 Å². The van der Waals surface area contributed by atoms with Crippen molar-refractivity contribution in [2.24, 2.45) is 0 Å². The molecular formula is C17H18ClNO2S. The summed E-state index contributed by atoms with van der Waals surface area (Å²) < 4.78 is 27.3. The first-order valence-corrected chi connectivity index (χ1v) is 9.24. The molecule has 0 radical (unpaired) electrons. The molecule has 1 heterocycles. The minimum atomic E-state index is -3.54. The number of halogens is 1. The Morgan fingerprint density at radius 1 is 1.14 bits per heavy atom. The fourth-order valence-corrected chi connectivity index (χ4v) is 4.49. The molecule has 2 aromatic rings. The summed E-state index contributed by atoms with van der Waals surface area (Å²) >= 11 is 5.85. The second-order valence-corrected chi connectivity index (χ2v) is 7.75. The SMILES string of the molecule is CCc1ccc2c(c1)CCCN2S(=O)(=O)c1ccc(Cl)cc1. The van der Waals surface area contributed by atoms with E-state index in [1.54, 1.807) is 24.3 Å². The molecule has 0 atom stereocenters. The molecule has 1 aliphatic heterocycles. The zero-order valence-electron chi connectivity index (χ0n) is 12.4. The molecule has 2 aromatic carbocycles. The third-order valence-corrected chi connectivity index (χ3v) is 6.11. The molecule has 0 aliphatic carbocycles. The Labute approximate surface area is 136 Å². The zero-order valence-corrected chi connectivity index (χ0v) is 14.0. The molecule has 0 spiro atoms. The van der Waals surface area contributed by atoms with Gasteiger partial charge in [-0.25, -0.2) is 8.42 Å². The maximum atomic E-state index is 12.9. The first kappa shape index (κ1) is 15.4. The average molecular weight is 336 g/mol. The van der Waals surface area contributed by atoms with Crippen LogP contribution in [-0.2, 0) is 22.9 Å². The van der Waals surface area contributed by atoms with E-state index >= 15 is 0 Å². The fraction of sp³-hybridized carbons (Fsp3) is 0.294. The lowest BCUT2D eigenvalue weighted by Crippen LogP contribution is -2.35. The Kier molecular flexibility index (Phi) is 4.15. The predicted molar refractivity (Wildman–Crippen MR) is 90.1 cm³/mol. The molecule has 116 valence electrons. The zero-order chi connectivity index (χ0) is 15.7. The van der Waals surface area contributed by atoms with Gasteiger partial charge in [-0.05, 0) is 60.7 Å². The van der Waals surface area contributed by atoms with Crippen molar-refractivity contribution in [1.82, 2.24) is 0 Å². The van der Waals surface area contributed by atoms with Crippen molar-refractivity contribution in [3.05, 3.63) is 58.6 Å². The number of benzene rings is 2. The van der Waals surface area contributed by atoms with E-state index in [2.05, 4.69) is 13.0 Å². The minimum absolute atomic E-state index is 0.282. The average Bonchev–Trinajstić information content (AvgIpc) is 2.54. The minimum Gasteiger partial charge on any atom is -0.266 e. The summed E-state index contributed by atoms with van der Waals surface area (Å²) in [4.78, 5) is 0.282. The molecule has 0 saturated carbocycles. The van der Waals surface area contributed by atoms with E-state index in [0.29, 0.717) is 11.6 Å². The van der Waals surface area contributed by atoms with Crippen LogP contribution >= 0.6 is 11.6 Å². The van der Waals surface area contributed by atoms with Crippen LogP contribution in [0.5, 0.6) is 0 Å². The standard InChI is InChI=1S/C17H18ClNO2S/c1-2-13-5-10-17-14(12-13)4-3-11-19(17)22(20,21)16-8-6-15(18)7-9-16/h5-10,12H,2-4,11H2,1H3. The van der Waals surface area contributed by atoms with Crippen LogP contribution in [0.3, 0.4) is 0 Å². The van der Waals surface area contributed by atoms with E-state index in [1.807, 2.05) is 12.1 Å². The van der Waals surface area contributed by atoms with Crippen LogP contribution in [0, 0.1) is 0 Å². The van der Waals surface area contributed by atoms with Crippen LogP contribution in [0.15, 0.2) is 47.4 Å². The quantitative estimate of drug-likeness (QED) is 0.848. The van der Waals surface area contributed by atoms with Crippen molar-refractivity contribution in [3.63, 3.8) is 0 Å². The topological polar surface area (TPSA) is 37.4 Å². The number of anilines is 1. The molecule has 0 saturated heterocycles. The first-order chi connectivity index (χ1) is 10.5. The third kappa shape index (κ3) is 2.73. The monoisotopic (exact) mass is 335 g/mol.